The number of pyridine rings is 2. The van der Waals surface area contributed by atoms with Crippen molar-refractivity contribution in [2.75, 3.05) is 39.9 Å². The summed E-state index contributed by atoms with van der Waals surface area (Å²) in [4.78, 5) is 9.97. The Morgan fingerprint density at radius 3 is 1.04 bits per heavy atom. The first-order valence-corrected chi connectivity index (χ1v) is 19.2. The number of unbranched alkanes of at least 4 members (excludes halogenated alkanes) is 1. The van der Waals surface area contributed by atoms with Gasteiger partial charge in [-0.1, -0.05) is 24.3 Å². The minimum absolute atomic E-state index is 0.543. The molecule has 270 valence electrons. The van der Waals surface area contributed by atoms with E-state index in [2.05, 4.69) is 12.1 Å². The van der Waals surface area contributed by atoms with Crippen LogP contribution in [0.2, 0.25) is 0 Å². The van der Waals surface area contributed by atoms with Crippen LogP contribution in [0.1, 0.15) is 24.0 Å². The number of aromatic nitrogens is 2. The van der Waals surface area contributed by atoms with Gasteiger partial charge in [0, 0.05) is 22.3 Å². The fourth-order valence-corrected chi connectivity index (χ4v) is 7.84. The van der Waals surface area contributed by atoms with Gasteiger partial charge in [0.2, 0.25) is 0 Å². The molecule has 0 aliphatic rings. The van der Waals surface area contributed by atoms with Gasteiger partial charge in [0.1, 0.15) is 45.2 Å². The molecule has 0 aliphatic carbocycles. The molecule has 0 spiro atoms. The van der Waals surface area contributed by atoms with Crippen LogP contribution in [0.15, 0.2) is 119 Å². The molecule has 0 aliphatic heterocycles. The minimum Gasteiger partial charge on any atom is -0.497 e. The molecule has 0 atom stereocenters. The highest BCUT2D eigenvalue weighted by Gasteiger charge is 2.18. The standard InChI is InChI=1S/C44H38N4O4S2/c1-49-33-15-7-29(8-16-33)37-25-41(31-11-19-35(51-3)20-12-31)47-43(39(37)27-45)53-23-5-6-24-54-44-40(28-46)38(30-9-17-34(50-2)18-10-30)26-42(48-44)32-13-21-36(52-4)22-14-32/h7-22,25-26H,5-6,23-24H2,1-4H3. The summed E-state index contributed by atoms with van der Waals surface area (Å²) in [6.07, 6.45) is 1.75. The lowest BCUT2D eigenvalue weighted by molar-refractivity contribution is 0.414. The third kappa shape index (κ3) is 8.80. The van der Waals surface area contributed by atoms with E-state index in [9.17, 15) is 10.5 Å². The lowest BCUT2D eigenvalue weighted by atomic mass is 9.99. The summed E-state index contributed by atoms with van der Waals surface area (Å²) in [5, 5.41) is 22.1. The molecule has 0 saturated heterocycles. The molecule has 4 aromatic carbocycles. The number of thioether (sulfide) groups is 2. The van der Waals surface area contributed by atoms with Crippen LogP contribution in [0, 0.1) is 22.7 Å². The molecule has 0 N–H and O–H groups in total. The van der Waals surface area contributed by atoms with Gasteiger partial charge < -0.3 is 18.9 Å². The topological polar surface area (TPSA) is 110 Å². The lowest BCUT2D eigenvalue weighted by Gasteiger charge is -2.14. The fraction of sp³-hybridized carbons (Fsp3) is 0.182. The zero-order valence-electron chi connectivity index (χ0n) is 30.5. The van der Waals surface area contributed by atoms with E-state index in [-0.39, 0.29) is 0 Å². The summed E-state index contributed by atoms with van der Waals surface area (Å²) in [5.41, 5.74) is 7.96. The molecule has 8 nitrogen and oxygen atoms in total. The van der Waals surface area contributed by atoms with Gasteiger partial charge in [-0.25, -0.2) is 9.97 Å². The summed E-state index contributed by atoms with van der Waals surface area (Å²) in [7, 11) is 6.55. The molecule has 10 heteroatoms. The molecule has 54 heavy (non-hydrogen) atoms. The van der Waals surface area contributed by atoms with Gasteiger partial charge >= 0.3 is 0 Å². The third-order valence-electron chi connectivity index (χ3n) is 8.79. The number of methoxy groups -OCH3 is 4. The molecular formula is C44H38N4O4S2. The van der Waals surface area contributed by atoms with Crippen molar-refractivity contribution < 1.29 is 18.9 Å². The van der Waals surface area contributed by atoms with Crippen molar-refractivity contribution in [2.45, 2.75) is 22.9 Å². The van der Waals surface area contributed by atoms with Crippen LogP contribution in [0.25, 0.3) is 44.8 Å². The largest absolute Gasteiger partial charge is 0.497 e. The van der Waals surface area contributed by atoms with Crippen LogP contribution < -0.4 is 18.9 Å². The maximum atomic E-state index is 10.4. The van der Waals surface area contributed by atoms with Crippen molar-refractivity contribution in [3.63, 3.8) is 0 Å². The molecule has 0 fully saturated rings. The van der Waals surface area contributed by atoms with Crippen LogP contribution in [0.3, 0.4) is 0 Å². The number of benzene rings is 4. The minimum atomic E-state index is 0.543. The molecule has 0 saturated carbocycles. The molecule has 6 rings (SSSR count). The zero-order valence-corrected chi connectivity index (χ0v) is 32.1. The Kier molecular flexibility index (Phi) is 12.7. The van der Waals surface area contributed by atoms with E-state index in [1.54, 1.807) is 52.0 Å². The molecule has 6 aromatic rings. The first-order valence-electron chi connectivity index (χ1n) is 17.2. The van der Waals surface area contributed by atoms with E-state index in [1.807, 2.05) is 109 Å². The zero-order chi connectivity index (χ0) is 37.9. The highest BCUT2D eigenvalue weighted by atomic mass is 32.2. The van der Waals surface area contributed by atoms with Crippen molar-refractivity contribution in [1.82, 2.24) is 9.97 Å². The summed E-state index contributed by atoms with van der Waals surface area (Å²) in [6.45, 7) is 0. The van der Waals surface area contributed by atoms with Crippen molar-refractivity contribution in [3.05, 3.63) is 120 Å². The fourth-order valence-electron chi connectivity index (χ4n) is 5.83. The average Bonchev–Trinajstić information content (AvgIpc) is 3.24. The van der Waals surface area contributed by atoms with Gasteiger partial charge in [0.05, 0.1) is 51.0 Å². The van der Waals surface area contributed by atoms with Crippen LogP contribution in [0.4, 0.5) is 0 Å². The normalized spacial score (nSPS) is 10.6. The Labute approximate surface area is 324 Å². The van der Waals surface area contributed by atoms with Gasteiger partial charge in [-0.15, -0.1) is 23.5 Å². The monoisotopic (exact) mass is 750 g/mol. The first-order chi connectivity index (χ1) is 26.5. The van der Waals surface area contributed by atoms with Crippen LogP contribution in [-0.4, -0.2) is 49.9 Å². The molecule has 0 amide bonds. The maximum Gasteiger partial charge on any atom is 0.118 e. The van der Waals surface area contributed by atoms with Gasteiger partial charge in [0.15, 0.2) is 0 Å². The van der Waals surface area contributed by atoms with Crippen molar-refractivity contribution in [2.24, 2.45) is 0 Å². The summed E-state index contributed by atoms with van der Waals surface area (Å²) in [6, 6.07) is 39.8. The number of hydrogen-bond donors (Lipinski definition) is 0. The number of rotatable bonds is 15. The van der Waals surface area contributed by atoms with Crippen molar-refractivity contribution >= 4 is 23.5 Å². The molecule has 0 bridgehead atoms. The van der Waals surface area contributed by atoms with Gasteiger partial charge in [-0.2, -0.15) is 10.5 Å². The van der Waals surface area contributed by atoms with E-state index < -0.39 is 0 Å². The van der Waals surface area contributed by atoms with Gasteiger partial charge in [-0.3, -0.25) is 0 Å². The summed E-state index contributed by atoms with van der Waals surface area (Å²) >= 11 is 3.17. The average molecular weight is 751 g/mol. The Morgan fingerprint density at radius 1 is 0.463 bits per heavy atom. The van der Waals surface area contributed by atoms with Gasteiger partial charge in [-0.05, 0) is 120 Å². The first kappa shape index (κ1) is 37.8. The number of ether oxygens (including phenoxy) is 4. The Bertz CT molecular complexity index is 2120. The second-order valence-corrected chi connectivity index (χ2v) is 14.2. The second kappa shape index (κ2) is 18.2. The second-order valence-electron chi connectivity index (χ2n) is 12.0. The quantitative estimate of drug-likeness (QED) is 0.0743. The predicted molar refractivity (Wildman–Crippen MR) is 217 cm³/mol. The molecule has 0 radical (unpaired) electrons. The predicted octanol–water partition coefficient (Wildman–Crippen LogP) is 10.6. The SMILES string of the molecule is COc1ccc(-c2cc(-c3ccc(OC)cc3)c(C#N)c(SCCCCSc3nc(-c4ccc(OC)cc4)cc(-c4ccc(OC)cc4)c3C#N)n2)cc1. The smallest absolute Gasteiger partial charge is 0.118 e. The highest BCUT2D eigenvalue weighted by molar-refractivity contribution is 7.99. The van der Waals surface area contributed by atoms with Crippen LogP contribution in [0.5, 0.6) is 23.0 Å². The van der Waals surface area contributed by atoms with Crippen molar-refractivity contribution in [3.8, 4) is 79.9 Å². The number of hydrogen-bond acceptors (Lipinski definition) is 10. The lowest BCUT2D eigenvalue weighted by Crippen LogP contribution is -1.98. The van der Waals surface area contributed by atoms with E-state index >= 15 is 0 Å². The molecular weight excluding hydrogens is 713 g/mol. The Morgan fingerprint density at radius 2 is 0.759 bits per heavy atom. The number of nitriles is 2. The van der Waals surface area contributed by atoms with Crippen molar-refractivity contribution in [1.29, 1.82) is 10.5 Å². The Balaban J connectivity index is 1.21. The Hall–Kier alpha value is -5.94. The molecule has 2 aromatic heterocycles. The van der Waals surface area contributed by atoms with E-state index in [1.165, 1.54) is 0 Å². The summed E-state index contributed by atoms with van der Waals surface area (Å²) < 4.78 is 21.5. The molecule has 2 heterocycles. The molecule has 0 unspecified atom stereocenters. The van der Waals surface area contributed by atoms with E-state index in [0.29, 0.717) is 21.2 Å². The van der Waals surface area contributed by atoms with E-state index in [0.717, 1.165) is 92.1 Å². The van der Waals surface area contributed by atoms with Gasteiger partial charge in [0.25, 0.3) is 0 Å². The highest BCUT2D eigenvalue weighted by Crippen LogP contribution is 2.38. The van der Waals surface area contributed by atoms with Crippen LogP contribution in [-0.2, 0) is 0 Å². The van der Waals surface area contributed by atoms with Crippen LogP contribution >= 0.6 is 23.5 Å². The van der Waals surface area contributed by atoms with E-state index in [4.69, 9.17) is 28.9 Å². The third-order valence-corrected chi connectivity index (χ3v) is 10.9. The maximum absolute atomic E-state index is 10.4. The summed E-state index contributed by atoms with van der Waals surface area (Å²) in [5.74, 6) is 4.54. The number of nitrogens with zero attached hydrogens (tertiary/aromatic N) is 4.